The molecule has 0 bridgehead atoms. The van der Waals surface area contributed by atoms with Crippen LogP contribution < -0.4 is 15.5 Å². The molecule has 0 saturated heterocycles. The highest BCUT2D eigenvalue weighted by atomic mass is 16.2. The molecule has 5 nitrogen and oxygen atoms in total. The number of para-hydroxylation sites is 1. The number of hydrogen-bond donors (Lipinski definition) is 2. The summed E-state index contributed by atoms with van der Waals surface area (Å²) in [4.78, 5) is 26.4. The van der Waals surface area contributed by atoms with Crippen molar-refractivity contribution in [3.63, 3.8) is 0 Å². The van der Waals surface area contributed by atoms with Crippen molar-refractivity contribution in [3.8, 4) is 0 Å². The zero-order valence-corrected chi connectivity index (χ0v) is 15.1. The number of nitrogens with one attached hydrogen (secondary N) is 2. The van der Waals surface area contributed by atoms with Gasteiger partial charge in [0, 0.05) is 30.0 Å². The van der Waals surface area contributed by atoms with Crippen LogP contribution in [0.5, 0.6) is 0 Å². The Kier molecular flexibility index (Phi) is 5.89. The lowest BCUT2D eigenvalue weighted by Gasteiger charge is -2.18. The summed E-state index contributed by atoms with van der Waals surface area (Å²) in [5, 5.41) is 5.79. The predicted octanol–water partition coefficient (Wildman–Crippen LogP) is 3.22. The molecular weight excluding hydrogens is 326 g/mol. The van der Waals surface area contributed by atoms with Crippen LogP contribution in [0.1, 0.15) is 35.7 Å². The molecule has 2 N–H and O–H groups in total. The van der Waals surface area contributed by atoms with Crippen LogP contribution in [-0.4, -0.2) is 31.4 Å². The monoisotopic (exact) mass is 351 g/mol. The first-order valence-corrected chi connectivity index (χ1v) is 9.18. The first-order chi connectivity index (χ1) is 12.7. The third-order valence-corrected chi connectivity index (χ3v) is 4.56. The smallest absolute Gasteiger partial charge is 0.251 e. The van der Waals surface area contributed by atoms with E-state index in [1.165, 1.54) is 5.56 Å². The molecule has 0 saturated carbocycles. The maximum absolute atomic E-state index is 12.3. The van der Waals surface area contributed by atoms with Gasteiger partial charge in [0.15, 0.2) is 0 Å². The first-order valence-electron chi connectivity index (χ1n) is 9.18. The van der Waals surface area contributed by atoms with Crippen LogP contribution in [0.3, 0.4) is 0 Å². The van der Waals surface area contributed by atoms with Crippen LogP contribution in [0.15, 0.2) is 48.5 Å². The minimum absolute atomic E-state index is 0.0538. The number of anilines is 2. The summed E-state index contributed by atoms with van der Waals surface area (Å²) in [6, 6.07) is 15.2. The van der Waals surface area contributed by atoms with Crippen molar-refractivity contribution in [3.05, 3.63) is 59.7 Å². The molecule has 0 fully saturated rings. The summed E-state index contributed by atoms with van der Waals surface area (Å²) >= 11 is 0. The van der Waals surface area contributed by atoms with E-state index in [1.807, 2.05) is 12.1 Å². The number of amides is 2. The molecule has 0 unspecified atom stereocenters. The van der Waals surface area contributed by atoms with Gasteiger partial charge in [-0.1, -0.05) is 31.5 Å². The van der Waals surface area contributed by atoms with Gasteiger partial charge in [0.25, 0.3) is 5.91 Å². The van der Waals surface area contributed by atoms with Gasteiger partial charge in [-0.3, -0.25) is 9.59 Å². The largest absolute Gasteiger partial charge is 0.362 e. The molecule has 0 aliphatic carbocycles. The molecule has 0 atom stereocenters. The second-order valence-electron chi connectivity index (χ2n) is 6.54. The molecule has 1 aliphatic rings. The third kappa shape index (κ3) is 4.42. The van der Waals surface area contributed by atoms with Crippen LogP contribution in [-0.2, 0) is 11.2 Å². The van der Waals surface area contributed by atoms with E-state index in [4.69, 9.17) is 0 Å². The van der Waals surface area contributed by atoms with Gasteiger partial charge in [0.2, 0.25) is 5.91 Å². The summed E-state index contributed by atoms with van der Waals surface area (Å²) in [5.41, 5.74) is 3.74. The second-order valence-corrected chi connectivity index (χ2v) is 6.54. The fourth-order valence-electron chi connectivity index (χ4n) is 3.13. The Morgan fingerprint density at radius 2 is 1.85 bits per heavy atom. The van der Waals surface area contributed by atoms with E-state index in [-0.39, 0.29) is 11.8 Å². The molecule has 26 heavy (non-hydrogen) atoms. The molecule has 0 aromatic heterocycles. The number of benzene rings is 2. The van der Waals surface area contributed by atoms with Gasteiger partial charge in [0.1, 0.15) is 0 Å². The Balaban J connectivity index is 1.53. The molecule has 1 aliphatic heterocycles. The highest BCUT2D eigenvalue weighted by Crippen LogP contribution is 2.27. The number of hydrogen-bond acceptors (Lipinski definition) is 3. The standard InChI is InChI=1S/C21H25N3O2/c1-2-3-13-22-21(26)17-8-10-18(11-9-17)23-20(25)15-24-14-12-16-6-4-5-7-19(16)24/h4-11H,2-3,12-15H2,1H3,(H,22,26)(H,23,25). The van der Waals surface area contributed by atoms with Crippen LogP contribution >= 0.6 is 0 Å². The SMILES string of the molecule is CCCCNC(=O)c1ccc(NC(=O)CN2CCc3ccccc32)cc1. The lowest BCUT2D eigenvalue weighted by atomic mass is 10.2. The fourth-order valence-corrected chi connectivity index (χ4v) is 3.13. The molecule has 0 radical (unpaired) electrons. The Morgan fingerprint density at radius 1 is 1.08 bits per heavy atom. The quantitative estimate of drug-likeness (QED) is 0.753. The van der Waals surface area contributed by atoms with E-state index in [0.717, 1.165) is 31.5 Å². The summed E-state index contributed by atoms with van der Waals surface area (Å²) < 4.78 is 0. The second kappa shape index (κ2) is 8.52. The molecular formula is C21H25N3O2. The van der Waals surface area contributed by atoms with E-state index in [1.54, 1.807) is 24.3 Å². The van der Waals surface area contributed by atoms with Crippen molar-refractivity contribution in [1.82, 2.24) is 5.32 Å². The molecule has 5 heteroatoms. The predicted molar refractivity (Wildman–Crippen MR) is 105 cm³/mol. The minimum Gasteiger partial charge on any atom is -0.362 e. The summed E-state index contributed by atoms with van der Waals surface area (Å²) in [7, 11) is 0. The fraction of sp³-hybridized carbons (Fsp3) is 0.333. The summed E-state index contributed by atoms with van der Waals surface area (Å²) in [6.07, 6.45) is 3.00. The maximum atomic E-state index is 12.3. The van der Waals surface area contributed by atoms with Crippen molar-refractivity contribution < 1.29 is 9.59 Å². The van der Waals surface area contributed by atoms with Crippen molar-refractivity contribution in [1.29, 1.82) is 0 Å². The van der Waals surface area contributed by atoms with Gasteiger partial charge in [-0.25, -0.2) is 0 Å². The molecule has 2 aromatic rings. The molecule has 136 valence electrons. The molecule has 2 aromatic carbocycles. The number of fused-ring (bicyclic) bond motifs is 1. The van der Waals surface area contributed by atoms with E-state index in [0.29, 0.717) is 24.3 Å². The average Bonchev–Trinajstić information content (AvgIpc) is 3.05. The Morgan fingerprint density at radius 3 is 2.62 bits per heavy atom. The van der Waals surface area contributed by atoms with Gasteiger partial charge in [-0.05, 0) is 48.7 Å². The normalized spacial score (nSPS) is 12.6. The van der Waals surface area contributed by atoms with Gasteiger partial charge < -0.3 is 15.5 Å². The number of nitrogens with zero attached hydrogens (tertiary/aromatic N) is 1. The topological polar surface area (TPSA) is 61.4 Å². The first kappa shape index (κ1) is 18.0. The average molecular weight is 351 g/mol. The van der Waals surface area contributed by atoms with Gasteiger partial charge in [0.05, 0.1) is 6.54 Å². The molecule has 2 amide bonds. The Labute approximate surface area is 154 Å². The lowest BCUT2D eigenvalue weighted by molar-refractivity contribution is -0.115. The minimum atomic E-state index is -0.0787. The van der Waals surface area contributed by atoms with Gasteiger partial charge >= 0.3 is 0 Å². The van der Waals surface area contributed by atoms with Crippen LogP contribution in [0.2, 0.25) is 0 Å². The zero-order chi connectivity index (χ0) is 18.4. The van der Waals surface area contributed by atoms with Crippen molar-refractivity contribution >= 4 is 23.2 Å². The molecule has 3 rings (SSSR count). The number of carbonyl (C=O) groups excluding carboxylic acids is 2. The number of carbonyl (C=O) groups is 2. The van der Waals surface area contributed by atoms with Crippen molar-refractivity contribution in [2.75, 3.05) is 29.9 Å². The van der Waals surface area contributed by atoms with Crippen molar-refractivity contribution in [2.45, 2.75) is 26.2 Å². The number of rotatable bonds is 7. The zero-order valence-electron chi connectivity index (χ0n) is 15.1. The molecule has 0 spiro atoms. The van der Waals surface area contributed by atoms with Crippen LogP contribution in [0.25, 0.3) is 0 Å². The Hall–Kier alpha value is -2.82. The van der Waals surface area contributed by atoms with E-state index in [2.05, 4.69) is 34.6 Å². The lowest BCUT2D eigenvalue weighted by Crippen LogP contribution is -2.31. The summed E-state index contributed by atoms with van der Waals surface area (Å²) in [6.45, 7) is 3.97. The third-order valence-electron chi connectivity index (χ3n) is 4.56. The van der Waals surface area contributed by atoms with Crippen LogP contribution in [0.4, 0.5) is 11.4 Å². The van der Waals surface area contributed by atoms with E-state index < -0.39 is 0 Å². The summed E-state index contributed by atoms with van der Waals surface area (Å²) in [5.74, 6) is -0.133. The highest BCUT2D eigenvalue weighted by Gasteiger charge is 2.20. The number of unbranched alkanes of at least 4 members (excludes halogenated alkanes) is 1. The van der Waals surface area contributed by atoms with Gasteiger partial charge in [-0.15, -0.1) is 0 Å². The highest BCUT2D eigenvalue weighted by molar-refractivity contribution is 5.97. The molecule has 1 heterocycles. The Bertz CT molecular complexity index is 771. The van der Waals surface area contributed by atoms with Gasteiger partial charge in [-0.2, -0.15) is 0 Å². The van der Waals surface area contributed by atoms with Crippen molar-refractivity contribution in [2.24, 2.45) is 0 Å². The van der Waals surface area contributed by atoms with E-state index >= 15 is 0 Å². The van der Waals surface area contributed by atoms with Crippen LogP contribution in [0, 0.1) is 0 Å². The maximum Gasteiger partial charge on any atom is 0.251 e. The van der Waals surface area contributed by atoms with E-state index in [9.17, 15) is 9.59 Å².